The molecule has 0 unspecified atom stereocenters. The zero-order chi connectivity index (χ0) is 31.1. The minimum Gasteiger partial charge on any atom is -0.508 e. The van der Waals surface area contributed by atoms with Gasteiger partial charge in [-0.05, 0) is 86.3 Å². The van der Waals surface area contributed by atoms with Gasteiger partial charge in [-0.1, -0.05) is 43.5 Å². The van der Waals surface area contributed by atoms with Crippen LogP contribution in [0.2, 0.25) is 0 Å². The van der Waals surface area contributed by atoms with Crippen molar-refractivity contribution in [1.29, 1.82) is 0 Å². The molecule has 0 radical (unpaired) electrons. The van der Waals surface area contributed by atoms with Crippen LogP contribution < -0.4 is 5.32 Å². The van der Waals surface area contributed by atoms with Crippen LogP contribution in [-0.4, -0.2) is 93.3 Å². The summed E-state index contributed by atoms with van der Waals surface area (Å²) in [6.07, 6.45) is 9.06. The fraction of sp³-hybridized carbons (Fsp3) is 0.529. The van der Waals surface area contributed by atoms with Crippen molar-refractivity contribution in [1.82, 2.24) is 20.0 Å². The van der Waals surface area contributed by atoms with Gasteiger partial charge in [0, 0.05) is 38.8 Å². The maximum atomic E-state index is 13.4. The predicted molar refractivity (Wildman–Crippen MR) is 165 cm³/mol. The number of hydrogen-bond acceptors (Lipinski definition) is 6. The second kappa shape index (κ2) is 14.6. The molecule has 3 N–H and O–H groups in total. The second-order valence-electron chi connectivity index (χ2n) is 12.5. The molecular weight excluding hydrogens is 560 g/mol. The summed E-state index contributed by atoms with van der Waals surface area (Å²) in [4.78, 5) is 56.7. The van der Waals surface area contributed by atoms with Crippen molar-refractivity contribution in [3.8, 4) is 11.5 Å². The molecule has 2 aromatic rings. The number of benzene rings is 2. The molecule has 2 heterocycles. The smallest absolute Gasteiger partial charge is 0.312 e. The van der Waals surface area contributed by atoms with E-state index >= 15 is 0 Å². The number of nitrogens with one attached hydrogen (secondary N) is 1. The summed E-state index contributed by atoms with van der Waals surface area (Å²) in [5.74, 6) is -1.19. The van der Waals surface area contributed by atoms with E-state index in [-0.39, 0.29) is 23.6 Å². The highest BCUT2D eigenvalue weighted by Crippen LogP contribution is 2.27. The molecule has 2 aliphatic heterocycles. The van der Waals surface area contributed by atoms with Crippen molar-refractivity contribution >= 4 is 23.6 Å². The molecule has 2 aromatic carbocycles. The number of aromatic hydroxyl groups is 2. The quantitative estimate of drug-likeness (QED) is 0.252. The second-order valence-corrected chi connectivity index (χ2v) is 12.5. The Bertz CT molecular complexity index is 1310. The van der Waals surface area contributed by atoms with Gasteiger partial charge in [-0.2, -0.15) is 0 Å². The van der Waals surface area contributed by atoms with Gasteiger partial charge in [0.25, 0.3) is 0 Å². The molecule has 4 amide bonds. The standard InChI is InChI=1S/C34H44N4O6/c39-29-13-9-24(10-14-29)17-19-37-28(20-25-11-15-30(40)16-12-25)23-36(33(43)34(37)44)18-5-4-8-27-21-35-31(41)32(42)38(27)22-26-6-2-1-3-7-26/h9-16,26-28,39-40H,1-8,17-23H2,(H,35,41)/t27-,28-/m0/s1. The topological polar surface area (TPSA) is 130 Å². The zero-order valence-electron chi connectivity index (χ0n) is 25.3. The number of carbonyl (C=O) groups is 4. The van der Waals surface area contributed by atoms with Crippen LogP contribution in [0, 0.1) is 5.92 Å². The van der Waals surface area contributed by atoms with Gasteiger partial charge < -0.3 is 30.2 Å². The highest BCUT2D eigenvalue weighted by atomic mass is 16.3. The summed E-state index contributed by atoms with van der Waals surface area (Å²) in [6.45, 7) is 2.31. The van der Waals surface area contributed by atoms with Crippen LogP contribution in [-0.2, 0) is 32.0 Å². The number of amides is 4. The fourth-order valence-electron chi connectivity index (χ4n) is 6.84. The molecule has 5 rings (SSSR count). The van der Waals surface area contributed by atoms with Crippen molar-refractivity contribution < 1.29 is 29.4 Å². The van der Waals surface area contributed by atoms with E-state index < -0.39 is 23.6 Å². The Morgan fingerprint density at radius 3 is 2.05 bits per heavy atom. The third-order valence-electron chi connectivity index (χ3n) is 9.38. The lowest BCUT2D eigenvalue weighted by Gasteiger charge is -2.41. The van der Waals surface area contributed by atoms with Gasteiger partial charge >= 0.3 is 23.6 Å². The molecule has 0 aromatic heterocycles. The lowest BCUT2D eigenvalue weighted by Crippen LogP contribution is -2.60. The number of phenolic OH excluding ortho intramolecular Hbond substituents is 2. The van der Waals surface area contributed by atoms with Gasteiger partial charge in [0.15, 0.2) is 0 Å². The number of nitrogens with zero attached hydrogens (tertiary/aromatic N) is 3. The number of carbonyl (C=O) groups excluding carboxylic acids is 4. The summed E-state index contributed by atoms with van der Waals surface area (Å²) in [7, 11) is 0. The van der Waals surface area contributed by atoms with Crippen LogP contribution in [0.1, 0.15) is 62.5 Å². The van der Waals surface area contributed by atoms with E-state index in [1.54, 1.807) is 39.0 Å². The Morgan fingerprint density at radius 2 is 1.36 bits per heavy atom. The number of rotatable bonds is 12. The normalized spacial score (nSPS) is 21.6. The van der Waals surface area contributed by atoms with Crippen LogP contribution in [0.3, 0.4) is 0 Å². The fourth-order valence-corrected chi connectivity index (χ4v) is 6.84. The first kappa shape index (κ1) is 31.3. The highest BCUT2D eigenvalue weighted by molar-refractivity contribution is 6.36. The van der Waals surface area contributed by atoms with E-state index in [2.05, 4.69) is 5.32 Å². The maximum Gasteiger partial charge on any atom is 0.312 e. The average Bonchev–Trinajstić information content (AvgIpc) is 3.03. The lowest BCUT2D eigenvalue weighted by atomic mass is 9.88. The molecule has 236 valence electrons. The summed E-state index contributed by atoms with van der Waals surface area (Å²) < 4.78 is 0. The van der Waals surface area contributed by atoms with Crippen molar-refractivity contribution in [2.45, 2.75) is 76.3 Å². The van der Waals surface area contributed by atoms with E-state index in [1.165, 1.54) is 19.3 Å². The largest absolute Gasteiger partial charge is 0.508 e. The summed E-state index contributed by atoms with van der Waals surface area (Å²) in [5.41, 5.74) is 1.93. The number of unbranched alkanes of at least 4 members (excludes halogenated alkanes) is 1. The molecule has 0 bridgehead atoms. The first-order valence-electron chi connectivity index (χ1n) is 16.0. The molecule has 3 aliphatic rings. The average molecular weight is 605 g/mol. The van der Waals surface area contributed by atoms with Crippen molar-refractivity contribution in [2.75, 3.05) is 32.7 Å². The Kier molecular flexibility index (Phi) is 10.4. The first-order valence-corrected chi connectivity index (χ1v) is 16.0. The zero-order valence-corrected chi connectivity index (χ0v) is 25.3. The number of piperazine rings is 2. The summed E-state index contributed by atoms with van der Waals surface area (Å²) in [5, 5.41) is 22.1. The Hall–Kier alpha value is -4.08. The van der Waals surface area contributed by atoms with Gasteiger partial charge in [0.2, 0.25) is 0 Å². The third-order valence-corrected chi connectivity index (χ3v) is 9.38. The SMILES string of the molecule is O=C1NC[C@H](CCCCN2C[C@H](Cc3ccc(O)cc3)N(CCc3ccc(O)cc3)C(=O)C2=O)N(CC2CCCCC2)C1=O. The summed E-state index contributed by atoms with van der Waals surface area (Å²) >= 11 is 0. The minimum atomic E-state index is -0.524. The Balaban J connectivity index is 1.19. The van der Waals surface area contributed by atoms with Gasteiger partial charge in [0.1, 0.15) is 11.5 Å². The molecule has 1 aliphatic carbocycles. The maximum absolute atomic E-state index is 13.4. The van der Waals surface area contributed by atoms with Gasteiger partial charge in [-0.3, -0.25) is 19.2 Å². The van der Waals surface area contributed by atoms with Gasteiger partial charge in [0.05, 0.1) is 6.04 Å². The van der Waals surface area contributed by atoms with E-state index in [1.807, 2.05) is 24.3 Å². The molecule has 2 atom stereocenters. The third kappa shape index (κ3) is 7.89. The van der Waals surface area contributed by atoms with Crippen molar-refractivity contribution in [3.63, 3.8) is 0 Å². The van der Waals surface area contributed by atoms with Crippen LogP contribution in [0.25, 0.3) is 0 Å². The number of hydrogen-bond donors (Lipinski definition) is 3. The van der Waals surface area contributed by atoms with Crippen molar-refractivity contribution in [3.05, 3.63) is 59.7 Å². The molecule has 44 heavy (non-hydrogen) atoms. The highest BCUT2D eigenvalue weighted by Gasteiger charge is 2.39. The van der Waals surface area contributed by atoms with Gasteiger partial charge in [-0.25, -0.2) is 0 Å². The molecule has 0 spiro atoms. The number of phenols is 2. The van der Waals surface area contributed by atoms with Crippen LogP contribution >= 0.6 is 0 Å². The monoisotopic (exact) mass is 604 g/mol. The molecule has 10 heteroatoms. The van der Waals surface area contributed by atoms with E-state index in [0.29, 0.717) is 57.9 Å². The molecule has 3 fully saturated rings. The predicted octanol–water partition coefficient (Wildman–Crippen LogP) is 3.00. The van der Waals surface area contributed by atoms with Crippen LogP contribution in [0.4, 0.5) is 0 Å². The van der Waals surface area contributed by atoms with Crippen LogP contribution in [0.15, 0.2) is 48.5 Å². The molecular formula is C34H44N4O6. The Morgan fingerprint density at radius 1 is 0.705 bits per heavy atom. The molecule has 1 saturated carbocycles. The van der Waals surface area contributed by atoms with Crippen LogP contribution in [0.5, 0.6) is 11.5 Å². The van der Waals surface area contributed by atoms with Gasteiger partial charge in [-0.15, -0.1) is 0 Å². The van der Waals surface area contributed by atoms with Crippen molar-refractivity contribution in [2.24, 2.45) is 5.92 Å². The summed E-state index contributed by atoms with van der Waals surface area (Å²) in [6, 6.07) is 13.5. The first-order chi connectivity index (χ1) is 21.3. The molecule has 10 nitrogen and oxygen atoms in total. The van der Waals surface area contributed by atoms with E-state index in [9.17, 15) is 29.4 Å². The van der Waals surface area contributed by atoms with E-state index in [0.717, 1.165) is 36.8 Å². The Labute approximate surface area is 259 Å². The lowest BCUT2D eigenvalue weighted by molar-refractivity contribution is -0.159. The molecule has 2 saturated heterocycles. The minimum absolute atomic E-state index is 0.0570. The van der Waals surface area contributed by atoms with E-state index in [4.69, 9.17) is 0 Å².